The summed E-state index contributed by atoms with van der Waals surface area (Å²) in [5.41, 5.74) is 2.73. The second-order valence-corrected chi connectivity index (χ2v) is 7.05. The predicted molar refractivity (Wildman–Crippen MR) is 105 cm³/mol. The van der Waals surface area contributed by atoms with Crippen LogP contribution in [0.1, 0.15) is 11.1 Å². The average Bonchev–Trinajstić information content (AvgIpc) is 3.09. The summed E-state index contributed by atoms with van der Waals surface area (Å²) < 4.78 is 8.20. The molecule has 5 nitrogen and oxygen atoms in total. The number of halogens is 2. The fourth-order valence-corrected chi connectivity index (χ4v) is 3.46. The Balaban J connectivity index is 1.53. The van der Waals surface area contributed by atoms with Gasteiger partial charge in [0.05, 0.1) is 16.9 Å². The fourth-order valence-electron chi connectivity index (χ4n) is 2.43. The molecule has 0 bridgehead atoms. The first-order chi connectivity index (χ1) is 12.5. The quantitative estimate of drug-likeness (QED) is 0.629. The van der Waals surface area contributed by atoms with Gasteiger partial charge in [-0.05, 0) is 36.8 Å². The highest BCUT2D eigenvalue weighted by molar-refractivity contribution is 9.10. The number of carbonyl (C=O) groups is 1. The lowest BCUT2D eigenvalue weighted by atomic mass is 10.2. The van der Waals surface area contributed by atoms with Crippen LogP contribution in [0, 0.1) is 6.92 Å². The van der Waals surface area contributed by atoms with Crippen LogP contribution >= 0.6 is 27.5 Å². The lowest BCUT2D eigenvalue weighted by Crippen LogP contribution is -2.28. The number of aromatic nitrogens is 2. The summed E-state index contributed by atoms with van der Waals surface area (Å²) in [7, 11) is 0. The van der Waals surface area contributed by atoms with Crippen LogP contribution in [0.15, 0.2) is 59.3 Å². The summed E-state index contributed by atoms with van der Waals surface area (Å²) in [4.78, 5) is 12.0. The van der Waals surface area contributed by atoms with E-state index in [1.165, 1.54) is 0 Å². The molecule has 0 saturated heterocycles. The molecule has 134 valence electrons. The first-order valence-corrected chi connectivity index (χ1v) is 9.14. The van der Waals surface area contributed by atoms with Crippen molar-refractivity contribution in [1.82, 2.24) is 15.1 Å². The smallest absolute Gasteiger partial charge is 0.258 e. The molecule has 0 saturated carbocycles. The lowest BCUT2D eigenvalue weighted by molar-refractivity contribution is -0.123. The zero-order valence-corrected chi connectivity index (χ0v) is 16.4. The van der Waals surface area contributed by atoms with E-state index in [-0.39, 0.29) is 12.5 Å². The van der Waals surface area contributed by atoms with Crippen molar-refractivity contribution < 1.29 is 9.53 Å². The number of hydrogen-bond donors (Lipinski definition) is 1. The van der Waals surface area contributed by atoms with Gasteiger partial charge in [0.1, 0.15) is 5.75 Å². The van der Waals surface area contributed by atoms with Gasteiger partial charge in [0.15, 0.2) is 6.61 Å². The van der Waals surface area contributed by atoms with E-state index in [0.29, 0.717) is 17.3 Å². The summed E-state index contributed by atoms with van der Waals surface area (Å²) in [6, 6.07) is 13.4. The number of nitrogens with one attached hydrogen (secondary N) is 1. The molecular formula is C19H17BrClN3O2. The summed E-state index contributed by atoms with van der Waals surface area (Å²) in [6.45, 7) is 2.15. The van der Waals surface area contributed by atoms with E-state index in [4.69, 9.17) is 16.3 Å². The Morgan fingerprint density at radius 3 is 2.81 bits per heavy atom. The normalized spacial score (nSPS) is 10.6. The van der Waals surface area contributed by atoms with Crippen LogP contribution in [-0.4, -0.2) is 22.3 Å². The van der Waals surface area contributed by atoms with Gasteiger partial charge in [-0.15, -0.1) is 0 Å². The number of carbonyl (C=O) groups excluding carboxylic acids is 1. The molecule has 0 fully saturated rings. The van der Waals surface area contributed by atoms with Crippen molar-refractivity contribution in [1.29, 1.82) is 0 Å². The topological polar surface area (TPSA) is 56.1 Å². The summed E-state index contributed by atoms with van der Waals surface area (Å²) in [5.74, 6) is 0.290. The third-order valence-corrected chi connectivity index (χ3v) is 4.43. The molecule has 7 heteroatoms. The molecule has 3 rings (SSSR count). The van der Waals surface area contributed by atoms with Crippen molar-refractivity contribution in [2.45, 2.75) is 13.5 Å². The Bertz CT molecular complexity index is 889. The zero-order chi connectivity index (χ0) is 18.5. The van der Waals surface area contributed by atoms with Gasteiger partial charge in [-0.1, -0.05) is 45.7 Å². The zero-order valence-electron chi connectivity index (χ0n) is 14.1. The molecule has 2 aromatic carbocycles. The molecule has 1 amide bonds. The highest BCUT2D eigenvalue weighted by atomic mass is 79.9. The minimum Gasteiger partial charge on any atom is -0.482 e. The molecule has 26 heavy (non-hydrogen) atoms. The van der Waals surface area contributed by atoms with Crippen LogP contribution in [0.4, 0.5) is 0 Å². The van der Waals surface area contributed by atoms with E-state index >= 15 is 0 Å². The van der Waals surface area contributed by atoms with Gasteiger partial charge in [0, 0.05) is 22.8 Å². The van der Waals surface area contributed by atoms with Crippen molar-refractivity contribution in [3.63, 3.8) is 0 Å². The van der Waals surface area contributed by atoms with Gasteiger partial charge >= 0.3 is 0 Å². The van der Waals surface area contributed by atoms with Crippen molar-refractivity contribution in [3.8, 4) is 11.4 Å². The molecule has 0 unspecified atom stereocenters. The highest BCUT2D eigenvalue weighted by Gasteiger charge is 2.10. The van der Waals surface area contributed by atoms with Crippen molar-refractivity contribution in [2.75, 3.05) is 6.61 Å². The van der Waals surface area contributed by atoms with E-state index in [0.717, 1.165) is 21.3 Å². The maximum atomic E-state index is 12.0. The number of nitrogens with zero attached hydrogens (tertiary/aromatic N) is 2. The third kappa shape index (κ3) is 4.65. The molecule has 0 aliphatic heterocycles. The monoisotopic (exact) mass is 433 g/mol. The molecular weight excluding hydrogens is 418 g/mol. The molecule has 0 spiro atoms. The van der Waals surface area contributed by atoms with Crippen molar-refractivity contribution >= 4 is 33.4 Å². The third-order valence-electron chi connectivity index (χ3n) is 3.69. The average molecular weight is 435 g/mol. The standard InChI is InChI=1S/C19H17BrClN3O2/c1-13-7-15(20)8-17(21)19(13)26-12-18(25)22-9-14-10-23-24(11-14)16-5-3-2-4-6-16/h2-8,10-11H,9,12H2,1H3,(H,22,25). The van der Waals surface area contributed by atoms with Gasteiger partial charge < -0.3 is 10.1 Å². The summed E-state index contributed by atoms with van der Waals surface area (Å²) in [5, 5.41) is 7.58. The van der Waals surface area contributed by atoms with E-state index in [1.807, 2.05) is 49.5 Å². The minimum absolute atomic E-state index is 0.102. The number of ether oxygens (including phenoxy) is 1. The second-order valence-electron chi connectivity index (χ2n) is 5.73. The predicted octanol–water partition coefficient (Wildman–Crippen LogP) is 4.29. The van der Waals surface area contributed by atoms with E-state index in [2.05, 4.69) is 26.3 Å². The Kier molecular flexibility index (Phi) is 5.96. The van der Waals surface area contributed by atoms with Crippen LogP contribution in [-0.2, 0) is 11.3 Å². The summed E-state index contributed by atoms with van der Waals surface area (Å²) >= 11 is 9.52. The molecule has 1 heterocycles. The van der Waals surface area contributed by atoms with Crippen molar-refractivity contribution in [2.24, 2.45) is 0 Å². The van der Waals surface area contributed by atoms with Crippen LogP contribution in [0.3, 0.4) is 0 Å². The first-order valence-electron chi connectivity index (χ1n) is 7.97. The fraction of sp³-hybridized carbons (Fsp3) is 0.158. The minimum atomic E-state index is -0.226. The maximum Gasteiger partial charge on any atom is 0.258 e. The van der Waals surface area contributed by atoms with Gasteiger partial charge in [-0.2, -0.15) is 5.10 Å². The number of rotatable bonds is 6. The Morgan fingerprint density at radius 1 is 1.31 bits per heavy atom. The Hall–Kier alpha value is -2.31. The second kappa shape index (κ2) is 8.38. The van der Waals surface area contributed by atoms with E-state index < -0.39 is 0 Å². The van der Waals surface area contributed by atoms with Crippen LogP contribution in [0.25, 0.3) is 5.69 Å². The Morgan fingerprint density at radius 2 is 2.08 bits per heavy atom. The van der Waals surface area contributed by atoms with Gasteiger partial charge in [-0.25, -0.2) is 4.68 Å². The molecule has 1 aromatic heterocycles. The molecule has 0 aliphatic carbocycles. The van der Waals surface area contributed by atoms with E-state index in [9.17, 15) is 4.79 Å². The molecule has 3 aromatic rings. The number of para-hydroxylation sites is 1. The molecule has 0 radical (unpaired) electrons. The van der Waals surface area contributed by atoms with E-state index in [1.54, 1.807) is 16.9 Å². The first kappa shape index (κ1) is 18.5. The number of hydrogen-bond acceptors (Lipinski definition) is 3. The number of amides is 1. The molecule has 0 atom stereocenters. The maximum absolute atomic E-state index is 12.0. The number of benzene rings is 2. The summed E-state index contributed by atoms with van der Waals surface area (Å²) in [6.07, 6.45) is 3.61. The van der Waals surface area contributed by atoms with Gasteiger partial charge in [-0.3, -0.25) is 4.79 Å². The molecule has 0 aliphatic rings. The van der Waals surface area contributed by atoms with Crippen LogP contribution in [0.2, 0.25) is 5.02 Å². The lowest BCUT2D eigenvalue weighted by Gasteiger charge is -2.11. The SMILES string of the molecule is Cc1cc(Br)cc(Cl)c1OCC(=O)NCc1cnn(-c2ccccc2)c1. The van der Waals surface area contributed by atoms with Crippen LogP contribution in [0.5, 0.6) is 5.75 Å². The van der Waals surface area contributed by atoms with Crippen LogP contribution < -0.4 is 10.1 Å². The Labute approximate surface area is 165 Å². The van der Waals surface area contributed by atoms with Gasteiger partial charge in [0.25, 0.3) is 5.91 Å². The molecule has 1 N–H and O–H groups in total. The van der Waals surface area contributed by atoms with Gasteiger partial charge in [0.2, 0.25) is 0 Å². The highest BCUT2D eigenvalue weighted by Crippen LogP contribution is 2.31. The van der Waals surface area contributed by atoms with Crippen molar-refractivity contribution in [3.05, 3.63) is 75.5 Å². The largest absolute Gasteiger partial charge is 0.482 e. The number of aryl methyl sites for hydroxylation is 1.